The number of rotatable bonds is 12. The summed E-state index contributed by atoms with van der Waals surface area (Å²) in [5.74, 6) is 2.00. The van der Waals surface area contributed by atoms with Crippen molar-refractivity contribution in [3.05, 3.63) is 63.9 Å². The van der Waals surface area contributed by atoms with Crippen LogP contribution in [0.5, 0.6) is 23.1 Å². The van der Waals surface area contributed by atoms with E-state index in [9.17, 15) is 14.4 Å². The van der Waals surface area contributed by atoms with Gasteiger partial charge in [0.2, 0.25) is 28.9 Å². The van der Waals surface area contributed by atoms with Gasteiger partial charge in [-0.3, -0.25) is 14.4 Å². The first-order valence-electron chi connectivity index (χ1n) is 14.1. The van der Waals surface area contributed by atoms with Gasteiger partial charge in [0.1, 0.15) is 6.04 Å². The van der Waals surface area contributed by atoms with Crippen molar-refractivity contribution < 1.29 is 28.5 Å². The molecule has 44 heavy (non-hydrogen) atoms. The van der Waals surface area contributed by atoms with E-state index < -0.39 is 12.1 Å². The normalized spacial score (nSPS) is 14.2. The van der Waals surface area contributed by atoms with Gasteiger partial charge in [-0.25, -0.2) is 4.98 Å². The largest absolute Gasteiger partial charge is 0.493 e. The van der Waals surface area contributed by atoms with Crippen LogP contribution in [0.2, 0.25) is 0 Å². The topological polar surface area (TPSA) is 137 Å². The van der Waals surface area contributed by atoms with E-state index >= 15 is 0 Å². The molecule has 0 saturated heterocycles. The van der Waals surface area contributed by atoms with Gasteiger partial charge in [-0.2, -0.15) is 11.8 Å². The van der Waals surface area contributed by atoms with E-state index in [1.165, 1.54) is 33.4 Å². The van der Waals surface area contributed by atoms with Gasteiger partial charge in [-0.05, 0) is 72.2 Å². The second-order valence-electron chi connectivity index (χ2n) is 10.2. The number of anilines is 2. The Kier molecular flexibility index (Phi) is 10.9. The highest BCUT2D eigenvalue weighted by Gasteiger charge is 2.30. The number of methoxy groups -OCH3 is 4. The van der Waals surface area contributed by atoms with E-state index in [1.807, 2.05) is 18.4 Å². The molecule has 0 radical (unpaired) electrons. The van der Waals surface area contributed by atoms with Crippen LogP contribution in [0.25, 0.3) is 11.1 Å². The van der Waals surface area contributed by atoms with E-state index in [4.69, 9.17) is 18.9 Å². The average Bonchev–Trinajstić information content (AvgIpc) is 3.26. The zero-order valence-electron chi connectivity index (χ0n) is 25.7. The summed E-state index contributed by atoms with van der Waals surface area (Å²) in [5.41, 5.74) is 3.44. The van der Waals surface area contributed by atoms with E-state index in [1.54, 1.807) is 44.2 Å². The Morgan fingerprint density at radius 2 is 1.80 bits per heavy atom. The van der Waals surface area contributed by atoms with Crippen LogP contribution in [0.4, 0.5) is 11.4 Å². The van der Waals surface area contributed by atoms with Crippen LogP contribution in [0.3, 0.4) is 0 Å². The standard InChI is InChI=1S/C32H38N4O7S/c1-18(37)34-23-10-7-19-15-27(40-2)30(42-4)31(43-5)29(19)21-9-11-24(26(38)16-22(21)23)36-25(13-14-44-6)32(39)35-20-8-12-28(41-3)33-17-20/h8-9,11-12,15-17,23,25H,7,10,13-14H2,1-6H3,(H,34,37)(H,35,39)(H,36,38)/t23-,25-/m0/s1. The quantitative estimate of drug-likeness (QED) is 0.266. The molecule has 3 aromatic rings. The van der Waals surface area contributed by atoms with Crippen molar-refractivity contribution >= 4 is 35.0 Å². The number of nitrogens with zero attached hydrogens (tertiary/aromatic N) is 1. The molecule has 3 N–H and O–H groups in total. The Morgan fingerprint density at radius 1 is 1.02 bits per heavy atom. The van der Waals surface area contributed by atoms with Crippen molar-refractivity contribution in [2.75, 3.05) is 51.1 Å². The number of hydrogen-bond donors (Lipinski definition) is 3. The minimum atomic E-state index is -0.711. The second-order valence-corrected chi connectivity index (χ2v) is 11.1. The van der Waals surface area contributed by atoms with Gasteiger partial charge in [0.15, 0.2) is 11.5 Å². The number of hydrogen-bond acceptors (Lipinski definition) is 10. The second kappa shape index (κ2) is 14.8. The van der Waals surface area contributed by atoms with E-state index in [-0.39, 0.29) is 22.9 Å². The molecule has 0 bridgehead atoms. The first kappa shape index (κ1) is 32.5. The lowest BCUT2D eigenvalue weighted by atomic mass is 9.95. The highest BCUT2D eigenvalue weighted by molar-refractivity contribution is 7.98. The van der Waals surface area contributed by atoms with Crippen LogP contribution in [0.15, 0.2) is 47.4 Å². The predicted octanol–water partition coefficient (Wildman–Crippen LogP) is 4.44. The van der Waals surface area contributed by atoms with Crippen molar-refractivity contribution in [3.8, 4) is 34.3 Å². The summed E-state index contributed by atoms with van der Waals surface area (Å²) in [6.45, 7) is 1.45. The number of carbonyl (C=O) groups is 2. The number of nitrogens with one attached hydrogen (secondary N) is 3. The minimum absolute atomic E-state index is 0.215. The first-order chi connectivity index (χ1) is 21.2. The van der Waals surface area contributed by atoms with Gasteiger partial charge in [0, 0.05) is 18.6 Å². The molecule has 4 rings (SSSR count). The van der Waals surface area contributed by atoms with Gasteiger partial charge < -0.3 is 34.9 Å². The fourth-order valence-corrected chi connectivity index (χ4v) is 5.79. The molecule has 1 aliphatic rings. The molecular formula is C32H38N4O7S. The third kappa shape index (κ3) is 7.19. The van der Waals surface area contributed by atoms with Crippen LogP contribution < -0.4 is 40.3 Å². The van der Waals surface area contributed by atoms with E-state index in [0.29, 0.717) is 65.0 Å². The summed E-state index contributed by atoms with van der Waals surface area (Å²) in [5, 5.41) is 9.07. The lowest BCUT2D eigenvalue weighted by Gasteiger charge is -2.19. The number of benzene rings is 1. The number of amides is 2. The smallest absolute Gasteiger partial charge is 0.246 e. The Hall–Kier alpha value is -4.45. The number of aryl methyl sites for hydroxylation is 1. The lowest BCUT2D eigenvalue weighted by Crippen LogP contribution is -2.36. The molecule has 0 saturated carbocycles. The van der Waals surface area contributed by atoms with Crippen molar-refractivity contribution in [3.63, 3.8) is 0 Å². The molecule has 234 valence electrons. The molecule has 11 nitrogen and oxygen atoms in total. The third-order valence-corrected chi connectivity index (χ3v) is 8.03. The maximum atomic E-state index is 13.8. The maximum Gasteiger partial charge on any atom is 0.246 e. The molecule has 2 atom stereocenters. The van der Waals surface area contributed by atoms with Gasteiger partial charge in [-0.1, -0.05) is 6.07 Å². The molecule has 0 spiro atoms. The van der Waals surface area contributed by atoms with Gasteiger partial charge >= 0.3 is 0 Å². The van der Waals surface area contributed by atoms with Crippen LogP contribution in [0, 0.1) is 0 Å². The predicted molar refractivity (Wildman–Crippen MR) is 173 cm³/mol. The minimum Gasteiger partial charge on any atom is -0.493 e. The summed E-state index contributed by atoms with van der Waals surface area (Å²) in [6.07, 6.45) is 5.07. The third-order valence-electron chi connectivity index (χ3n) is 7.39. The van der Waals surface area contributed by atoms with Gasteiger partial charge in [0.05, 0.1) is 52.1 Å². The highest BCUT2D eigenvalue weighted by atomic mass is 32.2. The molecule has 0 unspecified atom stereocenters. The Morgan fingerprint density at radius 3 is 2.41 bits per heavy atom. The Labute approximate surface area is 261 Å². The van der Waals surface area contributed by atoms with E-state index in [2.05, 4.69) is 20.9 Å². The SMILES string of the molecule is COc1ccc(NC(=O)[C@H](CCSC)Nc2ccc3c(cc2=O)[C@@H](NC(C)=O)CCc2cc(OC)c(OC)c(OC)c2-3)cn1. The molecule has 12 heteroatoms. The van der Waals surface area contributed by atoms with Crippen molar-refractivity contribution in [2.24, 2.45) is 0 Å². The van der Waals surface area contributed by atoms with Crippen molar-refractivity contribution in [1.82, 2.24) is 10.3 Å². The molecule has 0 aliphatic heterocycles. The van der Waals surface area contributed by atoms with Crippen LogP contribution in [-0.4, -0.2) is 63.3 Å². The first-order valence-corrected chi connectivity index (χ1v) is 15.5. The maximum absolute atomic E-state index is 13.8. The summed E-state index contributed by atoms with van der Waals surface area (Å²) in [6, 6.07) is 9.12. The Bertz CT molecular complexity index is 1570. The summed E-state index contributed by atoms with van der Waals surface area (Å²) < 4.78 is 22.2. The van der Waals surface area contributed by atoms with Crippen molar-refractivity contribution in [1.29, 1.82) is 0 Å². The molecule has 1 aromatic heterocycles. The monoisotopic (exact) mass is 622 g/mol. The molecule has 1 aliphatic carbocycles. The van der Waals surface area contributed by atoms with Gasteiger partial charge in [0.25, 0.3) is 0 Å². The number of pyridine rings is 1. The number of thioether (sulfide) groups is 1. The van der Waals surface area contributed by atoms with Crippen LogP contribution in [0.1, 0.15) is 36.9 Å². The average molecular weight is 623 g/mol. The highest BCUT2D eigenvalue weighted by Crippen LogP contribution is 2.50. The fourth-order valence-electron chi connectivity index (χ4n) is 5.32. The van der Waals surface area contributed by atoms with Crippen molar-refractivity contribution in [2.45, 2.75) is 38.3 Å². The summed E-state index contributed by atoms with van der Waals surface area (Å²) >= 11 is 1.60. The van der Waals surface area contributed by atoms with Crippen LogP contribution >= 0.6 is 11.8 Å². The fraction of sp³-hybridized carbons (Fsp3) is 0.375. The van der Waals surface area contributed by atoms with Crippen LogP contribution in [-0.2, 0) is 16.0 Å². The number of aromatic nitrogens is 1. The van der Waals surface area contributed by atoms with Gasteiger partial charge in [-0.15, -0.1) is 0 Å². The number of ether oxygens (including phenoxy) is 4. The van der Waals surface area contributed by atoms with E-state index in [0.717, 1.165) is 11.1 Å². The molecule has 2 aromatic carbocycles. The Balaban J connectivity index is 1.81. The number of carbonyl (C=O) groups excluding carboxylic acids is 2. The molecule has 1 heterocycles. The zero-order chi connectivity index (χ0) is 31.8. The molecule has 0 fully saturated rings. The molecule has 2 amide bonds. The summed E-state index contributed by atoms with van der Waals surface area (Å²) in [4.78, 5) is 43.5. The lowest BCUT2D eigenvalue weighted by molar-refractivity contribution is -0.120. The zero-order valence-corrected chi connectivity index (χ0v) is 26.6. The molecular weight excluding hydrogens is 584 g/mol. The summed E-state index contributed by atoms with van der Waals surface area (Å²) in [7, 11) is 6.17. The number of fused-ring (bicyclic) bond motifs is 3.